The molecule has 0 bridgehead atoms. The second-order valence-corrected chi connectivity index (χ2v) is 5.06. The molecule has 0 saturated heterocycles. The van der Waals surface area contributed by atoms with Crippen LogP contribution < -0.4 is 14.4 Å². The second kappa shape index (κ2) is 6.47. The highest BCUT2D eigenvalue weighted by Crippen LogP contribution is 2.26. The van der Waals surface area contributed by atoms with E-state index in [0.717, 1.165) is 25.3 Å². The van der Waals surface area contributed by atoms with Crippen molar-refractivity contribution in [3.05, 3.63) is 48.2 Å². The Balaban J connectivity index is 1.76. The standard InChI is InChI=1S/C17H19N3O2/c1-21-15-5-3-4-14(12-15)13-7-10-20(11-8-13)17-18-9-6-16(19-17)22-2/h3-7,9,12H,8,10-11H2,1-2H3. The third-order valence-corrected chi connectivity index (χ3v) is 3.76. The first-order valence-corrected chi connectivity index (χ1v) is 7.25. The van der Waals surface area contributed by atoms with Crippen LogP contribution in [0, 0.1) is 0 Å². The Morgan fingerprint density at radius 2 is 2.05 bits per heavy atom. The van der Waals surface area contributed by atoms with Crippen LogP contribution in [-0.2, 0) is 0 Å². The van der Waals surface area contributed by atoms with E-state index >= 15 is 0 Å². The predicted octanol–water partition coefficient (Wildman–Crippen LogP) is 2.79. The van der Waals surface area contributed by atoms with Gasteiger partial charge < -0.3 is 14.4 Å². The zero-order valence-electron chi connectivity index (χ0n) is 12.8. The van der Waals surface area contributed by atoms with E-state index < -0.39 is 0 Å². The van der Waals surface area contributed by atoms with E-state index in [2.05, 4.69) is 33.1 Å². The number of aromatic nitrogens is 2. The zero-order valence-corrected chi connectivity index (χ0v) is 12.8. The smallest absolute Gasteiger partial charge is 0.228 e. The summed E-state index contributed by atoms with van der Waals surface area (Å²) in [7, 11) is 3.30. The molecule has 0 amide bonds. The first-order chi connectivity index (χ1) is 10.8. The summed E-state index contributed by atoms with van der Waals surface area (Å²) in [5.74, 6) is 2.19. The van der Waals surface area contributed by atoms with Gasteiger partial charge in [-0.2, -0.15) is 4.98 Å². The van der Waals surface area contributed by atoms with E-state index in [4.69, 9.17) is 9.47 Å². The molecule has 2 aromatic rings. The molecule has 0 N–H and O–H groups in total. The zero-order chi connectivity index (χ0) is 15.4. The van der Waals surface area contributed by atoms with Crippen molar-refractivity contribution < 1.29 is 9.47 Å². The van der Waals surface area contributed by atoms with Gasteiger partial charge in [-0.3, -0.25) is 0 Å². The maximum atomic E-state index is 5.29. The van der Waals surface area contributed by atoms with Crippen molar-refractivity contribution in [3.8, 4) is 11.6 Å². The average molecular weight is 297 g/mol. The molecule has 0 atom stereocenters. The first-order valence-electron chi connectivity index (χ1n) is 7.25. The molecule has 0 unspecified atom stereocenters. The van der Waals surface area contributed by atoms with Gasteiger partial charge in [-0.25, -0.2) is 4.98 Å². The highest BCUT2D eigenvalue weighted by molar-refractivity contribution is 5.69. The second-order valence-electron chi connectivity index (χ2n) is 5.06. The lowest BCUT2D eigenvalue weighted by Gasteiger charge is -2.26. The Morgan fingerprint density at radius 3 is 2.77 bits per heavy atom. The van der Waals surface area contributed by atoms with Crippen LogP contribution in [0.15, 0.2) is 42.6 Å². The molecule has 5 nitrogen and oxygen atoms in total. The van der Waals surface area contributed by atoms with Gasteiger partial charge in [0.1, 0.15) is 5.75 Å². The molecule has 0 saturated carbocycles. The van der Waals surface area contributed by atoms with E-state index in [9.17, 15) is 0 Å². The molecule has 1 aromatic carbocycles. The van der Waals surface area contributed by atoms with Crippen LogP contribution in [-0.4, -0.2) is 37.3 Å². The molecule has 0 fully saturated rings. The Hall–Kier alpha value is -2.56. The first kappa shape index (κ1) is 14.4. The number of rotatable bonds is 4. The summed E-state index contributed by atoms with van der Waals surface area (Å²) < 4.78 is 10.4. The third-order valence-electron chi connectivity index (χ3n) is 3.76. The Labute approximate surface area is 130 Å². The van der Waals surface area contributed by atoms with Gasteiger partial charge in [0.05, 0.1) is 14.2 Å². The van der Waals surface area contributed by atoms with Gasteiger partial charge in [0.2, 0.25) is 11.8 Å². The number of anilines is 1. The fourth-order valence-electron chi connectivity index (χ4n) is 2.53. The molecule has 5 heteroatoms. The highest BCUT2D eigenvalue weighted by Gasteiger charge is 2.16. The largest absolute Gasteiger partial charge is 0.497 e. The van der Waals surface area contributed by atoms with Crippen LogP contribution in [0.1, 0.15) is 12.0 Å². The third kappa shape index (κ3) is 3.03. The average Bonchev–Trinajstić information content (AvgIpc) is 2.62. The van der Waals surface area contributed by atoms with E-state index in [0.29, 0.717) is 11.8 Å². The van der Waals surface area contributed by atoms with Crippen LogP contribution in [0.25, 0.3) is 5.57 Å². The van der Waals surface area contributed by atoms with Crippen molar-refractivity contribution in [1.29, 1.82) is 0 Å². The minimum atomic E-state index is 0.590. The van der Waals surface area contributed by atoms with Crippen molar-refractivity contribution in [3.63, 3.8) is 0 Å². The van der Waals surface area contributed by atoms with Crippen molar-refractivity contribution in [2.45, 2.75) is 6.42 Å². The predicted molar refractivity (Wildman–Crippen MR) is 86.4 cm³/mol. The van der Waals surface area contributed by atoms with Gasteiger partial charge in [0.15, 0.2) is 0 Å². The number of hydrogen-bond donors (Lipinski definition) is 0. The maximum Gasteiger partial charge on any atom is 0.228 e. The molecule has 0 spiro atoms. The van der Waals surface area contributed by atoms with Crippen molar-refractivity contribution >= 4 is 11.5 Å². The summed E-state index contributed by atoms with van der Waals surface area (Å²) in [6.45, 7) is 1.68. The van der Waals surface area contributed by atoms with Gasteiger partial charge in [0.25, 0.3) is 0 Å². The molecular formula is C17H19N3O2. The Kier molecular flexibility index (Phi) is 4.23. The lowest BCUT2D eigenvalue weighted by Crippen LogP contribution is -2.29. The maximum absolute atomic E-state index is 5.29. The molecule has 22 heavy (non-hydrogen) atoms. The van der Waals surface area contributed by atoms with Crippen molar-refractivity contribution in [2.75, 3.05) is 32.2 Å². The number of ether oxygens (including phenoxy) is 2. The molecule has 1 aromatic heterocycles. The van der Waals surface area contributed by atoms with Gasteiger partial charge in [-0.15, -0.1) is 0 Å². The van der Waals surface area contributed by atoms with Crippen LogP contribution >= 0.6 is 0 Å². The molecule has 3 rings (SSSR count). The lowest BCUT2D eigenvalue weighted by molar-refractivity contribution is 0.396. The molecule has 1 aliphatic heterocycles. The van der Waals surface area contributed by atoms with Crippen LogP contribution in [0.5, 0.6) is 11.6 Å². The highest BCUT2D eigenvalue weighted by atomic mass is 16.5. The number of benzene rings is 1. The van der Waals surface area contributed by atoms with Crippen LogP contribution in [0.3, 0.4) is 0 Å². The molecule has 0 radical (unpaired) electrons. The van der Waals surface area contributed by atoms with Crippen LogP contribution in [0.4, 0.5) is 5.95 Å². The molecule has 2 heterocycles. The van der Waals surface area contributed by atoms with E-state index in [1.54, 1.807) is 26.5 Å². The summed E-state index contributed by atoms with van der Waals surface area (Å²) in [6, 6.07) is 9.93. The van der Waals surface area contributed by atoms with Crippen molar-refractivity contribution in [1.82, 2.24) is 9.97 Å². The van der Waals surface area contributed by atoms with E-state index in [1.165, 1.54) is 11.1 Å². The SMILES string of the molecule is COc1cccc(C2=CCN(c3nccc(OC)n3)CC2)c1. The topological polar surface area (TPSA) is 47.5 Å². The fourth-order valence-corrected chi connectivity index (χ4v) is 2.53. The number of methoxy groups -OCH3 is 2. The molecular weight excluding hydrogens is 278 g/mol. The van der Waals surface area contributed by atoms with Crippen molar-refractivity contribution in [2.24, 2.45) is 0 Å². The minimum absolute atomic E-state index is 0.590. The molecule has 114 valence electrons. The Morgan fingerprint density at radius 1 is 1.14 bits per heavy atom. The normalized spacial score (nSPS) is 14.5. The van der Waals surface area contributed by atoms with E-state index in [1.807, 2.05) is 12.1 Å². The Bertz CT molecular complexity index is 685. The van der Waals surface area contributed by atoms with Gasteiger partial charge in [-0.1, -0.05) is 18.2 Å². The van der Waals surface area contributed by atoms with Gasteiger partial charge in [0, 0.05) is 25.4 Å². The number of hydrogen-bond acceptors (Lipinski definition) is 5. The fraction of sp³-hybridized carbons (Fsp3) is 0.294. The van der Waals surface area contributed by atoms with Gasteiger partial charge >= 0.3 is 0 Å². The summed E-state index contributed by atoms with van der Waals surface area (Å²) in [4.78, 5) is 10.9. The molecule has 0 aliphatic carbocycles. The monoisotopic (exact) mass is 297 g/mol. The van der Waals surface area contributed by atoms with Gasteiger partial charge in [-0.05, 0) is 29.7 Å². The minimum Gasteiger partial charge on any atom is -0.497 e. The quantitative estimate of drug-likeness (QED) is 0.868. The van der Waals surface area contributed by atoms with Crippen LogP contribution in [0.2, 0.25) is 0 Å². The molecule has 1 aliphatic rings. The summed E-state index contributed by atoms with van der Waals surface area (Å²) >= 11 is 0. The summed E-state index contributed by atoms with van der Waals surface area (Å²) in [5, 5.41) is 0. The van der Waals surface area contributed by atoms with E-state index in [-0.39, 0.29) is 0 Å². The lowest BCUT2D eigenvalue weighted by atomic mass is 9.99. The summed E-state index contributed by atoms with van der Waals surface area (Å²) in [5.41, 5.74) is 2.55. The number of nitrogens with zero attached hydrogens (tertiary/aromatic N) is 3. The summed E-state index contributed by atoms with van der Waals surface area (Å²) in [6.07, 6.45) is 4.90.